The van der Waals surface area contributed by atoms with Gasteiger partial charge < -0.3 is 15.2 Å². The first-order chi connectivity index (χ1) is 13.6. The number of aliphatic carboxylic acids is 1. The van der Waals surface area contributed by atoms with Crippen LogP contribution in [0.5, 0.6) is 0 Å². The van der Waals surface area contributed by atoms with Gasteiger partial charge in [0.2, 0.25) is 0 Å². The summed E-state index contributed by atoms with van der Waals surface area (Å²) in [5.74, 6) is -1.10. The number of carbonyl (C=O) groups excluding carboxylic acids is 1. The lowest BCUT2D eigenvalue weighted by Gasteiger charge is -2.15. The van der Waals surface area contributed by atoms with Crippen molar-refractivity contribution in [1.82, 2.24) is 5.32 Å². The molecule has 0 aliphatic carbocycles. The van der Waals surface area contributed by atoms with Crippen LogP contribution in [0.3, 0.4) is 0 Å². The number of rotatable bonds is 7. The number of hydrogen-bond acceptors (Lipinski definition) is 3. The van der Waals surface area contributed by atoms with Gasteiger partial charge in [-0.2, -0.15) is 0 Å². The Bertz CT molecular complexity index is 908. The zero-order valence-electron chi connectivity index (χ0n) is 15.2. The monoisotopic (exact) mass is 375 g/mol. The zero-order chi connectivity index (χ0) is 19.8. The maximum absolute atomic E-state index is 12.0. The molecule has 0 aliphatic heterocycles. The van der Waals surface area contributed by atoms with E-state index in [1.807, 2.05) is 84.9 Å². The molecule has 0 fully saturated rings. The fourth-order valence-corrected chi connectivity index (χ4v) is 2.81. The van der Waals surface area contributed by atoms with Crippen LogP contribution in [0, 0.1) is 0 Å². The lowest BCUT2D eigenvalue weighted by molar-refractivity contribution is -0.139. The molecular weight excluding hydrogens is 354 g/mol. The van der Waals surface area contributed by atoms with Gasteiger partial charge in [-0.15, -0.1) is 0 Å². The molecule has 3 aromatic carbocycles. The lowest BCUT2D eigenvalue weighted by atomic mass is 10.0. The number of ether oxygens (including phenoxy) is 1. The SMILES string of the molecule is O=C(NC(Cc1ccccc1)C(=O)O)OCc1ccc(-c2ccccc2)cc1. The van der Waals surface area contributed by atoms with Gasteiger partial charge in [-0.3, -0.25) is 0 Å². The van der Waals surface area contributed by atoms with E-state index >= 15 is 0 Å². The van der Waals surface area contributed by atoms with E-state index < -0.39 is 18.1 Å². The van der Waals surface area contributed by atoms with Crippen LogP contribution in [0.15, 0.2) is 84.9 Å². The van der Waals surface area contributed by atoms with E-state index in [4.69, 9.17) is 4.74 Å². The molecule has 0 aromatic heterocycles. The molecule has 142 valence electrons. The number of alkyl carbamates (subject to hydrolysis) is 1. The minimum absolute atomic E-state index is 0.0680. The second kappa shape index (κ2) is 9.37. The second-order valence-electron chi connectivity index (χ2n) is 6.36. The maximum Gasteiger partial charge on any atom is 0.408 e. The largest absolute Gasteiger partial charge is 0.480 e. The van der Waals surface area contributed by atoms with Crippen LogP contribution >= 0.6 is 0 Å². The number of carboxylic acid groups (broad SMARTS) is 1. The van der Waals surface area contributed by atoms with Crippen LogP contribution in [0.1, 0.15) is 11.1 Å². The molecule has 0 heterocycles. The Hall–Kier alpha value is -3.60. The van der Waals surface area contributed by atoms with E-state index in [1.54, 1.807) is 0 Å². The van der Waals surface area contributed by atoms with Gasteiger partial charge in [0, 0.05) is 6.42 Å². The Balaban J connectivity index is 1.53. The summed E-state index contributed by atoms with van der Waals surface area (Å²) in [5.41, 5.74) is 3.83. The Morgan fingerprint density at radius 2 is 1.36 bits per heavy atom. The van der Waals surface area contributed by atoms with Crippen LogP contribution < -0.4 is 5.32 Å². The van der Waals surface area contributed by atoms with Crippen LogP contribution in [0.25, 0.3) is 11.1 Å². The second-order valence-corrected chi connectivity index (χ2v) is 6.36. The van der Waals surface area contributed by atoms with Crippen LogP contribution in [-0.2, 0) is 22.6 Å². The molecule has 0 saturated heterocycles. The molecule has 5 heteroatoms. The van der Waals surface area contributed by atoms with Crippen molar-refractivity contribution in [2.75, 3.05) is 0 Å². The molecule has 28 heavy (non-hydrogen) atoms. The van der Waals surface area contributed by atoms with Gasteiger partial charge in [-0.25, -0.2) is 9.59 Å². The van der Waals surface area contributed by atoms with Crippen molar-refractivity contribution >= 4 is 12.1 Å². The van der Waals surface area contributed by atoms with Crippen molar-refractivity contribution in [2.45, 2.75) is 19.1 Å². The quantitative estimate of drug-likeness (QED) is 0.646. The van der Waals surface area contributed by atoms with Crippen molar-refractivity contribution in [1.29, 1.82) is 0 Å². The van der Waals surface area contributed by atoms with Crippen LogP contribution in [-0.4, -0.2) is 23.2 Å². The number of carbonyl (C=O) groups is 2. The average Bonchev–Trinajstić information content (AvgIpc) is 2.73. The molecule has 1 atom stereocenters. The van der Waals surface area contributed by atoms with E-state index in [1.165, 1.54) is 0 Å². The highest BCUT2D eigenvalue weighted by atomic mass is 16.5. The summed E-state index contributed by atoms with van der Waals surface area (Å²) < 4.78 is 5.18. The number of hydrogen-bond donors (Lipinski definition) is 2. The molecule has 2 N–H and O–H groups in total. The third kappa shape index (κ3) is 5.45. The molecular formula is C23H21NO4. The minimum Gasteiger partial charge on any atom is -0.480 e. The first-order valence-electron chi connectivity index (χ1n) is 8.96. The molecule has 0 bridgehead atoms. The Morgan fingerprint density at radius 1 is 0.786 bits per heavy atom. The van der Waals surface area contributed by atoms with E-state index in [0.717, 1.165) is 22.3 Å². The number of carboxylic acids is 1. The van der Waals surface area contributed by atoms with Gasteiger partial charge in [0.1, 0.15) is 12.6 Å². The predicted octanol–water partition coefficient (Wildman–Crippen LogP) is 4.28. The molecule has 0 aliphatic rings. The third-order valence-electron chi connectivity index (χ3n) is 4.30. The summed E-state index contributed by atoms with van der Waals surface area (Å²) in [6, 6.07) is 25.7. The van der Waals surface area contributed by atoms with Crippen molar-refractivity contribution < 1.29 is 19.4 Å². The van der Waals surface area contributed by atoms with Gasteiger partial charge in [0.05, 0.1) is 0 Å². The molecule has 0 saturated carbocycles. The average molecular weight is 375 g/mol. The molecule has 0 spiro atoms. The van der Waals surface area contributed by atoms with Crippen molar-refractivity contribution in [3.8, 4) is 11.1 Å². The minimum atomic E-state index is -1.10. The summed E-state index contributed by atoms with van der Waals surface area (Å²) >= 11 is 0. The van der Waals surface area contributed by atoms with Crippen molar-refractivity contribution in [3.63, 3.8) is 0 Å². The predicted molar refractivity (Wildman–Crippen MR) is 107 cm³/mol. The number of nitrogens with one attached hydrogen (secondary N) is 1. The summed E-state index contributed by atoms with van der Waals surface area (Å²) in [4.78, 5) is 23.4. The van der Waals surface area contributed by atoms with Crippen LogP contribution in [0.4, 0.5) is 4.79 Å². The zero-order valence-corrected chi connectivity index (χ0v) is 15.2. The normalized spacial score (nSPS) is 11.4. The lowest BCUT2D eigenvalue weighted by Crippen LogP contribution is -2.42. The number of benzene rings is 3. The van der Waals surface area contributed by atoms with E-state index in [2.05, 4.69) is 5.32 Å². The van der Waals surface area contributed by atoms with E-state index in [-0.39, 0.29) is 13.0 Å². The fraction of sp³-hybridized carbons (Fsp3) is 0.130. The first kappa shape index (κ1) is 19.2. The maximum atomic E-state index is 12.0. The summed E-state index contributed by atoms with van der Waals surface area (Å²) in [7, 11) is 0. The van der Waals surface area contributed by atoms with E-state index in [0.29, 0.717) is 0 Å². The molecule has 1 unspecified atom stereocenters. The highest BCUT2D eigenvalue weighted by molar-refractivity contribution is 5.80. The van der Waals surface area contributed by atoms with Crippen LogP contribution in [0.2, 0.25) is 0 Å². The third-order valence-corrected chi connectivity index (χ3v) is 4.30. The van der Waals surface area contributed by atoms with Gasteiger partial charge >= 0.3 is 12.1 Å². The van der Waals surface area contributed by atoms with Crippen molar-refractivity contribution in [3.05, 3.63) is 96.1 Å². The fourth-order valence-electron chi connectivity index (χ4n) is 2.81. The molecule has 3 rings (SSSR count). The first-order valence-corrected chi connectivity index (χ1v) is 8.96. The topological polar surface area (TPSA) is 75.6 Å². The van der Waals surface area contributed by atoms with E-state index in [9.17, 15) is 14.7 Å². The molecule has 1 amide bonds. The Labute approximate surface area is 163 Å². The van der Waals surface area contributed by atoms with Gasteiger partial charge in [-0.05, 0) is 22.3 Å². The summed E-state index contributed by atoms with van der Waals surface area (Å²) in [6.45, 7) is 0.0680. The Kier molecular flexibility index (Phi) is 6.41. The molecule has 0 radical (unpaired) electrons. The smallest absolute Gasteiger partial charge is 0.408 e. The van der Waals surface area contributed by atoms with Gasteiger partial charge in [-0.1, -0.05) is 84.9 Å². The van der Waals surface area contributed by atoms with Crippen molar-refractivity contribution in [2.24, 2.45) is 0 Å². The number of amides is 1. The Morgan fingerprint density at radius 3 is 1.96 bits per heavy atom. The highest BCUT2D eigenvalue weighted by Gasteiger charge is 2.21. The standard InChI is InChI=1S/C23H21NO4/c25-22(26)21(15-17-7-3-1-4-8-17)24-23(27)28-16-18-11-13-20(14-12-18)19-9-5-2-6-10-19/h1-14,21H,15-16H2,(H,24,27)(H,25,26). The van der Waals surface area contributed by atoms with Gasteiger partial charge in [0.25, 0.3) is 0 Å². The summed E-state index contributed by atoms with van der Waals surface area (Å²) in [6.07, 6.45) is -0.563. The highest BCUT2D eigenvalue weighted by Crippen LogP contribution is 2.19. The summed E-state index contributed by atoms with van der Waals surface area (Å²) in [5, 5.41) is 11.7. The molecule has 5 nitrogen and oxygen atoms in total. The van der Waals surface area contributed by atoms with Gasteiger partial charge in [0.15, 0.2) is 0 Å². The molecule has 3 aromatic rings.